The van der Waals surface area contributed by atoms with E-state index in [1.807, 2.05) is 0 Å². The standard InChI is InChI=1S/C69H126O6/c1-4-7-10-13-16-19-22-24-26-28-30-31-32-33-34-35-36-37-38-39-40-42-43-45-47-50-53-56-59-62-68(71)74-65-66(64-73-67(70)61-58-55-52-49-21-18-15-12-9-6-3)75-69(72)63-60-57-54-51-48-46-44-41-29-27-25-23-20-17-14-11-8-5-2/h12,15,22,24,27-30,66H,4-11,13-14,16-21,23,25-26,31-65H2,1-3H3/b15-12-,24-22-,29-27-,30-28-. The molecule has 0 aromatic carbocycles. The molecule has 0 aromatic heterocycles. The van der Waals surface area contributed by atoms with Crippen molar-refractivity contribution >= 4 is 17.9 Å². The molecule has 0 rings (SSSR count). The van der Waals surface area contributed by atoms with Gasteiger partial charge in [-0.05, 0) is 96.3 Å². The second kappa shape index (κ2) is 63.9. The van der Waals surface area contributed by atoms with Crippen LogP contribution in [-0.2, 0) is 28.6 Å². The quantitative estimate of drug-likeness (QED) is 0.0261. The summed E-state index contributed by atoms with van der Waals surface area (Å²) in [7, 11) is 0. The molecule has 438 valence electrons. The van der Waals surface area contributed by atoms with Crippen LogP contribution < -0.4 is 0 Å². The number of hydrogen-bond donors (Lipinski definition) is 0. The maximum atomic E-state index is 12.9. The molecule has 0 saturated heterocycles. The summed E-state index contributed by atoms with van der Waals surface area (Å²) < 4.78 is 16.9. The van der Waals surface area contributed by atoms with Crippen molar-refractivity contribution in [3.05, 3.63) is 48.6 Å². The Morgan fingerprint density at radius 2 is 0.507 bits per heavy atom. The van der Waals surface area contributed by atoms with Gasteiger partial charge in [-0.1, -0.05) is 288 Å². The van der Waals surface area contributed by atoms with Crippen molar-refractivity contribution in [3.8, 4) is 0 Å². The Morgan fingerprint density at radius 1 is 0.267 bits per heavy atom. The van der Waals surface area contributed by atoms with Gasteiger partial charge in [-0.3, -0.25) is 14.4 Å². The zero-order valence-corrected chi connectivity index (χ0v) is 50.3. The van der Waals surface area contributed by atoms with Crippen LogP contribution in [0.3, 0.4) is 0 Å². The van der Waals surface area contributed by atoms with E-state index < -0.39 is 6.10 Å². The van der Waals surface area contributed by atoms with Crippen molar-refractivity contribution in [1.29, 1.82) is 0 Å². The Labute approximate surface area is 467 Å². The first-order chi connectivity index (χ1) is 37.0. The molecule has 0 aliphatic rings. The van der Waals surface area contributed by atoms with Gasteiger partial charge in [-0.2, -0.15) is 0 Å². The topological polar surface area (TPSA) is 78.9 Å². The SMILES string of the molecule is CCC/C=C\CCCCCCCC(=O)OCC(COC(=O)CCCCCCCCCCCCCCCCCCC/C=C\C/C=C\CCCCCCC)OC(=O)CCCCCCCCC/C=C\CCCCCCCCC. The number of unbranched alkanes of at least 4 members (excludes halogenated alkanes) is 42. The molecule has 0 radical (unpaired) electrons. The fourth-order valence-electron chi connectivity index (χ4n) is 9.77. The highest BCUT2D eigenvalue weighted by molar-refractivity contribution is 5.71. The first kappa shape index (κ1) is 72.4. The summed E-state index contributed by atoms with van der Waals surface area (Å²) in [5.41, 5.74) is 0. The monoisotopic (exact) mass is 1050 g/mol. The average molecular weight is 1050 g/mol. The van der Waals surface area contributed by atoms with Crippen LogP contribution in [0.2, 0.25) is 0 Å². The van der Waals surface area contributed by atoms with Crippen LogP contribution in [0.5, 0.6) is 0 Å². The highest BCUT2D eigenvalue weighted by Crippen LogP contribution is 2.17. The molecule has 0 bridgehead atoms. The third-order valence-electron chi connectivity index (χ3n) is 14.8. The molecule has 1 unspecified atom stereocenters. The number of carbonyl (C=O) groups excluding carboxylic acids is 3. The van der Waals surface area contributed by atoms with Gasteiger partial charge in [0.15, 0.2) is 6.10 Å². The van der Waals surface area contributed by atoms with Gasteiger partial charge in [0, 0.05) is 19.3 Å². The van der Waals surface area contributed by atoms with Gasteiger partial charge in [-0.15, -0.1) is 0 Å². The Bertz CT molecular complexity index is 1300. The molecule has 0 spiro atoms. The highest BCUT2D eigenvalue weighted by atomic mass is 16.6. The van der Waals surface area contributed by atoms with Crippen molar-refractivity contribution < 1.29 is 28.6 Å². The van der Waals surface area contributed by atoms with Gasteiger partial charge in [0.25, 0.3) is 0 Å². The van der Waals surface area contributed by atoms with E-state index in [2.05, 4.69) is 69.4 Å². The molecule has 0 N–H and O–H groups in total. The Hall–Kier alpha value is -2.63. The van der Waals surface area contributed by atoms with Crippen LogP contribution >= 0.6 is 0 Å². The molecule has 0 aliphatic heterocycles. The molecule has 6 nitrogen and oxygen atoms in total. The van der Waals surface area contributed by atoms with Gasteiger partial charge in [0.2, 0.25) is 0 Å². The number of allylic oxidation sites excluding steroid dienone is 8. The maximum Gasteiger partial charge on any atom is 0.306 e. The van der Waals surface area contributed by atoms with E-state index in [1.165, 1.54) is 238 Å². The predicted octanol–water partition coefficient (Wildman–Crippen LogP) is 22.6. The molecule has 0 amide bonds. The fraction of sp³-hybridized carbons (Fsp3) is 0.841. The first-order valence-electron chi connectivity index (χ1n) is 33.1. The minimum Gasteiger partial charge on any atom is -0.462 e. The van der Waals surface area contributed by atoms with E-state index in [1.54, 1.807) is 0 Å². The number of esters is 3. The molecule has 6 heteroatoms. The van der Waals surface area contributed by atoms with Crippen molar-refractivity contribution in [1.82, 2.24) is 0 Å². The second-order valence-corrected chi connectivity index (χ2v) is 22.4. The third-order valence-corrected chi connectivity index (χ3v) is 14.8. The highest BCUT2D eigenvalue weighted by Gasteiger charge is 2.19. The van der Waals surface area contributed by atoms with Crippen LogP contribution in [0.25, 0.3) is 0 Å². The van der Waals surface area contributed by atoms with Gasteiger partial charge in [0.05, 0.1) is 0 Å². The molecule has 0 fully saturated rings. The minimum atomic E-state index is -0.777. The van der Waals surface area contributed by atoms with E-state index in [4.69, 9.17) is 14.2 Å². The van der Waals surface area contributed by atoms with Gasteiger partial charge in [-0.25, -0.2) is 0 Å². The van der Waals surface area contributed by atoms with Crippen LogP contribution in [0.4, 0.5) is 0 Å². The minimum absolute atomic E-state index is 0.0742. The van der Waals surface area contributed by atoms with E-state index in [9.17, 15) is 14.4 Å². The summed E-state index contributed by atoms with van der Waals surface area (Å²) in [6, 6.07) is 0. The second-order valence-electron chi connectivity index (χ2n) is 22.4. The molecule has 1 atom stereocenters. The Kier molecular flexibility index (Phi) is 61.7. The lowest BCUT2D eigenvalue weighted by molar-refractivity contribution is -0.167. The molecular weight excluding hydrogens is 925 g/mol. The molecule has 75 heavy (non-hydrogen) atoms. The average Bonchev–Trinajstić information content (AvgIpc) is 3.41. The number of rotatable bonds is 61. The van der Waals surface area contributed by atoms with Gasteiger partial charge < -0.3 is 14.2 Å². The number of hydrogen-bond acceptors (Lipinski definition) is 6. The number of ether oxygens (including phenoxy) is 3. The lowest BCUT2D eigenvalue weighted by Gasteiger charge is -2.18. The molecule has 0 heterocycles. The molecular formula is C69H126O6. The van der Waals surface area contributed by atoms with E-state index in [0.29, 0.717) is 19.3 Å². The number of carbonyl (C=O) groups is 3. The van der Waals surface area contributed by atoms with Crippen molar-refractivity contribution in [3.63, 3.8) is 0 Å². The zero-order chi connectivity index (χ0) is 54.3. The van der Waals surface area contributed by atoms with Crippen LogP contribution in [0.1, 0.15) is 355 Å². The van der Waals surface area contributed by atoms with Gasteiger partial charge in [0.1, 0.15) is 13.2 Å². The summed E-state index contributed by atoms with van der Waals surface area (Å²) in [6.45, 7) is 6.60. The van der Waals surface area contributed by atoms with Crippen molar-refractivity contribution in [2.24, 2.45) is 0 Å². The maximum absolute atomic E-state index is 12.9. The normalized spacial score (nSPS) is 12.3. The smallest absolute Gasteiger partial charge is 0.306 e. The molecule has 0 saturated carbocycles. The summed E-state index contributed by atoms with van der Waals surface area (Å²) >= 11 is 0. The summed E-state index contributed by atoms with van der Waals surface area (Å²) in [5.74, 6) is -0.871. The van der Waals surface area contributed by atoms with Crippen molar-refractivity contribution in [2.75, 3.05) is 13.2 Å². The first-order valence-corrected chi connectivity index (χ1v) is 33.1. The molecule has 0 aliphatic carbocycles. The van der Waals surface area contributed by atoms with Crippen molar-refractivity contribution in [2.45, 2.75) is 361 Å². The summed E-state index contributed by atoms with van der Waals surface area (Å²) in [6.07, 6.45) is 80.0. The van der Waals surface area contributed by atoms with Gasteiger partial charge >= 0.3 is 17.9 Å². The fourth-order valence-corrected chi connectivity index (χ4v) is 9.77. The summed E-state index contributed by atoms with van der Waals surface area (Å²) in [4.78, 5) is 38.2. The van der Waals surface area contributed by atoms with E-state index in [-0.39, 0.29) is 31.1 Å². The molecule has 0 aromatic rings. The zero-order valence-electron chi connectivity index (χ0n) is 50.3. The Morgan fingerprint density at radius 3 is 0.800 bits per heavy atom. The predicted molar refractivity (Wildman–Crippen MR) is 325 cm³/mol. The lowest BCUT2D eigenvalue weighted by Crippen LogP contribution is -2.30. The largest absolute Gasteiger partial charge is 0.462 e. The van der Waals surface area contributed by atoms with Crippen LogP contribution in [0, 0.1) is 0 Å². The van der Waals surface area contributed by atoms with E-state index in [0.717, 1.165) is 77.0 Å². The van der Waals surface area contributed by atoms with E-state index >= 15 is 0 Å². The lowest BCUT2D eigenvalue weighted by atomic mass is 10.0. The van der Waals surface area contributed by atoms with Crippen LogP contribution in [-0.4, -0.2) is 37.2 Å². The summed E-state index contributed by atoms with van der Waals surface area (Å²) in [5, 5.41) is 0. The van der Waals surface area contributed by atoms with Crippen LogP contribution in [0.15, 0.2) is 48.6 Å². The Balaban J connectivity index is 4.14. The third kappa shape index (κ3) is 62.1.